The number of hydrogen-bond acceptors (Lipinski definition) is 2. The van der Waals surface area contributed by atoms with Crippen LogP contribution in [0.1, 0.15) is 48.8 Å². The van der Waals surface area contributed by atoms with E-state index in [1.807, 2.05) is 18.3 Å². The maximum Gasteiger partial charge on any atom is 0.174 e. The van der Waals surface area contributed by atoms with Gasteiger partial charge in [-0.3, -0.25) is 4.98 Å². The van der Waals surface area contributed by atoms with Crippen LogP contribution < -0.4 is 10.2 Å². The summed E-state index contributed by atoms with van der Waals surface area (Å²) < 4.78 is 2.16. The maximum absolute atomic E-state index is 5.76. The molecular weight excluding hydrogens is 352 g/mol. The molecule has 27 heavy (non-hydrogen) atoms. The Balaban J connectivity index is 1.79. The molecule has 0 saturated carbocycles. The van der Waals surface area contributed by atoms with E-state index in [-0.39, 0.29) is 12.1 Å². The van der Waals surface area contributed by atoms with Crippen LogP contribution in [-0.2, 0) is 7.05 Å². The smallest absolute Gasteiger partial charge is 0.174 e. The van der Waals surface area contributed by atoms with E-state index in [0.717, 1.165) is 16.5 Å². The summed E-state index contributed by atoms with van der Waals surface area (Å²) >= 11 is 5.76. The summed E-state index contributed by atoms with van der Waals surface area (Å²) in [4.78, 5) is 6.81. The molecule has 1 aliphatic rings. The number of hydrogen-bond donors (Lipinski definition) is 1. The number of anilines is 1. The lowest BCUT2D eigenvalue weighted by atomic mass is 10.00. The average Bonchev–Trinajstić information content (AvgIpc) is 3.25. The third kappa shape index (κ3) is 3.23. The van der Waals surface area contributed by atoms with Crippen LogP contribution in [0.25, 0.3) is 0 Å². The highest BCUT2D eigenvalue weighted by Gasteiger charge is 2.41. The van der Waals surface area contributed by atoms with Gasteiger partial charge < -0.3 is 14.8 Å². The van der Waals surface area contributed by atoms with Gasteiger partial charge in [-0.2, -0.15) is 0 Å². The Morgan fingerprint density at radius 3 is 2.41 bits per heavy atom. The van der Waals surface area contributed by atoms with Gasteiger partial charge in [-0.1, -0.05) is 32.0 Å². The molecule has 1 fully saturated rings. The first-order valence-electron chi connectivity index (χ1n) is 9.28. The predicted molar refractivity (Wildman–Crippen MR) is 114 cm³/mol. The molecule has 0 spiro atoms. The van der Waals surface area contributed by atoms with Gasteiger partial charge in [0.1, 0.15) is 6.04 Å². The van der Waals surface area contributed by atoms with Gasteiger partial charge in [0.05, 0.1) is 11.7 Å². The fourth-order valence-electron chi connectivity index (χ4n) is 3.73. The van der Waals surface area contributed by atoms with Crippen molar-refractivity contribution in [3.05, 3.63) is 83.9 Å². The van der Waals surface area contributed by atoms with Gasteiger partial charge in [0.25, 0.3) is 0 Å². The van der Waals surface area contributed by atoms with Gasteiger partial charge in [0, 0.05) is 30.8 Å². The van der Waals surface area contributed by atoms with Crippen LogP contribution in [0.15, 0.2) is 67.0 Å². The lowest BCUT2D eigenvalue weighted by Crippen LogP contribution is -2.30. The van der Waals surface area contributed by atoms with Crippen molar-refractivity contribution in [3.63, 3.8) is 0 Å². The summed E-state index contributed by atoms with van der Waals surface area (Å²) in [6, 6.07) is 19.0. The lowest BCUT2D eigenvalue weighted by Gasteiger charge is -2.28. The molecule has 1 aliphatic heterocycles. The molecular formula is C22H24N4S. The molecule has 0 amide bonds. The van der Waals surface area contributed by atoms with Crippen molar-refractivity contribution >= 4 is 23.0 Å². The molecule has 3 aromatic rings. The molecule has 4 nitrogen and oxygen atoms in total. The fraction of sp³-hybridized carbons (Fsp3) is 0.273. The highest BCUT2D eigenvalue weighted by Crippen LogP contribution is 2.41. The summed E-state index contributed by atoms with van der Waals surface area (Å²) in [6.45, 7) is 4.42. The van der Waals surface area contributed by atoms with Crippen molar-refractivity contribution in [2.24, 2.45) is 7.05 Å². The first-order valence-corrected chi connectivity index (χ1v) is 9.69. The summed E-state index contributed by atoms with van der Waals surface area (Å²) in [5.74, 6) is 0.507. The lowest BCUT2D eigenvalue weighted by molar-refractivity contribution is 0.541. The third-order valence-electron chi connectivity index (χ3n) is 5.22. The van der Waals surface area contributed by atoms with Crippen molar-refractivity contribution in [1.82, 2.24) is 14.9 Å². The van der Waals surface area contributed by atoms with Crippen molar-refractivity contribution in [2.45, 2.75) is 31.8 Å². The first kappa shape index (κ1) is 17.7. The van der Waals surface area contributed by atoms with Crippen LogP contribution >= 0.6 is 12.2 Å². The standard InChI is InChI=1S/C22H24N4S/c1-15(2)16-9-11-17(12-10-16)26-21(19-8-6-14-25(19)3)20(24-22(26)27)18-7-4-5-13-23-18/h4-15,20-21H,1-3H3,(H,24,27)/t20-,21-/m1/s1. The number of benzene rings is 1. The summed E-state index contributed by atoms with van der Waals surface area (Å²) in [6.07, 6.45) is 3.91. The maximum atomic E-state index is 5.76. The second-order valence-electron chi connectivity index (χ2n) is 7.29. The molecule has 0 unspecified atom stereocenters. The Morgan fingerprint density at radius 2 is 1.81 bits per heavy atom. The van der Waals surface area contributed by atoms with Crippen molar-refractivity contribution in [2.75, 3.05) is 4.90 Å². The molecule has 5 heteroatoms. The average molecular weight is 377 g/mol. The van der Waals surface area contributed by atoms with Crippen molar-refractivity contribution < 1.29 is 0 Å². The summed E-state index contributed by atoms with van der Waals surface area (Å²) in [5, 5.41) is 4.23. The van der Waals surface area contributed by atoms with Gasteiger partial charge in [0.15, 0.2) is 5.11 Å². The third-order valence-corrected chi connectivity index (χ3v) is 5.54. The van der Waals surface area contributed by atoms with Crippen LogP contribution in [0, 0.1) is 0 Å². The number of nitrogens with one attached hydrogen (secondary N) is 1. The molecule has 0 aliphatic carbocycles. The minimum atomic E-state index is -0.00271. The number of rotatable bonds is 4. The Hall–Kier alpha value is -2.66. The number of aromatic nitrogens is 2. The van der Waals surface area contributed by atoms with E-state index in [4.69, 9.17) is 12.2 Å². The van der Waals surface area contributed by atoms with E-state index in [9.17, 15) is 0 Å². The van der Waals surface area contributed by atoms with E-state index in [1.165, 1.54) is 11.3 Å². The minimum Gasteiger partial charge on any atom is -0.353 e. The zero-order valence-electron chi connectivity index (χ0n) is 15.8. The van der Waals surface area contributed by atoms with E-state index >= 15 is 0 Å². The fourth-order valence-corrected chi connectivity index (χ4v) is 4.08. The first-order chi connectivity index (χ1) is 13.1. The van der Waals surface area contributed by atoms with Gasteiger partial charge in [-0.15, -0.1) is 0 Å². The van der Waals surface area contributed by atoms with Crippen LogP contribution in [0.2, 0.25) is 0 Å². The van der Waals surface area contributed by atoms with Gasteiger partial charge >= 0.3 is 0 Å². The number of aryl methyl sites for hydroxylation is 1. The Morgan fingerprint density at radius 1 is 1.04 bits per heavy atom. The zero-order chi connectivity index (χ0) is 19.0. The predicted octanol–water partition coefficient (Wildman–Crippen LogP) is 4.72. The monoisotopic (exact) mass is 376 g/mol. The van der Waals surface area contributed by atoms with Crippen LogP contribution in [-0.4, -0.2) is 14.7 Å². The number of thiocarbonyl (C=S) groups is 1. The van der Waals surface area contributed by atoms with Crippen molar-refractivity contribution in [3.8, 4) is 0 Å². The van der Waals surface area contributed by atoms with Gasteiger partial charge in [-0.25, -0.2) is 0 Å². The minimum absolute atomic E-state index is 0.00271. The summed E-state index contributed by atoms with van der Waals surface area (Å²) in [7, 11) is 2.08. The molecule has 1 saturated heterocycles. The van der Waals surface area contributed by atoms with Gasteiger partial charge in [-0.05, 0) is 60.1 Å². The molecule has 2 aromatic heterocycles. The van der Waals surface area contributed by atoms with E-state index in [2.05, 4.69) is 89.3 Å². The second-order valence-corrected chi connectivity index (χ2v) is 7.67. The van der Waals surface area contributed by atoms with E-state index < -0.39 is 0 Å². The highest BCUT2D eigenvalue weighted by molar-refractivity contribution is 7.80. The van der Waals surface area contributed by atoms with E-state index in [0.29, 0.717) is 5.92 Å². The molecule has 1 N–H and O–H groups in total. The number of nitrogens with zero attached hydrogens (tertiary/aromatic N) is 3. The number of pyridine rings is 1. The molecule has 138 valence electrons. The van der Waals surface area contributed by atoms with Crippen LogP contribution in [0.3, 0.4) is 0 Å². The normalized spacial score (nSPS) is 19.6. The second kappa shape index (κ2) is 7.16. The van der Waals surface area contributed by atoms with Crippen LogP contribution in [0.4, 0.5) is 5.69 Å². The SMILES string of the molecule is CC(C)c1ccc(N2C(=S)N[C@H](c3ccccn3)[C@H]2c2cccn2C)cc1. The molecule has 0 radical (unpaired) electrons. The Kier molecular flexibility index (Phi) is 4.70. The largest absolute Gasteiger partial charge is 0.353 e. The van der Waals surface area contributed by atoms with Crippen molar-refractivity contribution in [1.29, 1.82) is 0 Å². The Labute approximate surface area is 165 Å². The highest BCUT2D eigenvalue weighted by atomic mass is 32.1. The molecule has 0 bridgehead atoms. The quantitative estimate of drug-likeness (QED) is 0.668. The van der Waals surface area contributed by atoms with E-state index in [1.54, 1.807) is 0 Å². The van der Waals surface area contributed by atoms with Crippen LogP contribution in [0.5, 0.6) is 0 Å². The summed E-state index contributed by atoms with van der Waals surface area (Å²) in [5.41, 5.74) is 4.62. The molecule has 3 heterocycles. The Bertz CT molecular complexity index is 930. The van der Waals surface area contributed by atoms with Gasteiger partial charge in [0.2, 0.25) is 0 Å². The molecule has 1 aromatic carbocycles. The topological polar surface area (TPSA) is 33.1 Å². The molecule has 2 atom stereocenters. The zero-order valence-corrected chi connectivity index (χ0v) is 16.6. The molecule has 4 rings (SSSR count).